The maximum atomic E-state index is 11.2. The summed E-state index contributed by atoms with van der Waals surface area (Å²) < 4.78 is 0. The number of nitrogens with one attached hydrogen (secondary N) is 1. The molecule has 0 atom stereocenters. The third kappa shape index (κ3) is 3.08. The van der Waals surface area contributed by atoms with Crippen LogP contribution in [0.15, 0.2) is 0 Å². The standard InChI is InChI=1S/C9H16N2O3/c12-8-4-5-9(13)11(8)7-3-1-2-6-10-14/h10,14H,1-7H2. The molecular weight excluding hydrogens is 184 g/mol. The molecule has 0 aromatic carbocycles. The van der Waals surface area contributed by atoms with Crippen molar-refractivity contribution in [3.8, 4) is 0 Å². The lowest BCUT2D eigenvalue weighted by Crippen LogP contribution is -2.30. The summed E-state index contributed by atoms with van der Waals surface area (Å²) in [6, 6.07) is 0. The van der Waals surface area contributed by atoms with E-state index in [1.165, 1.54) is 4.90 Å². The van der Waals surface area contributed by atoms with Crippen LogP contribution in [0.5, 0.6) is 0 Å². The predicted octanol–water partition coefficient (Wildman–Crippen LogP) is 0.285. The summed E-state index contributed by atoms with van der Waals surface area (Å²) in [6.45, 7) is 1.09. The van der Waals surface area contributed by atoms with E-state index < -0.39 is 0 Å². The van der Waals surface area contributed by atoms with Crippen molar-refractivity contribution in [3.63, 3.8) is 0 Å². The highest BCUT2D eigenvalue weighted by molar-refractivity contribution is 6.01. The number of carbonyl (C=O) groups excluding carboxylic acids is 2. The Kier molecular flexibility index (Phi) is 4.55. The lowest BCUT2D eigenvalue weighted by molar-refractivity contribution is -0.138. The van der Waals surface area contributed by atoms with Gasteiger partial charge in [0.15, 0.2) is 0 Å². The third-order valence-corrected chi connectivity index (χ3v) is 2.33. The number of hydrogen-bond acceptors (Lipinski definition) is 4. The number of hydroxylamine groups is 1. The van der Waals surface area contributed by atoms with Crippen LogP contribution in [-0.4, -0.2) is 35.0 Å². The lowest BCUT2D eigenvalue weighted by atomic mass is 10.2. The lowest BCUT2D eigenvalue weighted by Gasteiger charge is -2.12. The Hall–Kier alpha value is -0.940. The minimum Gasteiger partial charge on any atom is -0.317 e. The summed E-state index contributed by atoms with van der Waals surface area (Å²) >= 11 is 0. The second-order valence-corrected chi connectivity index (χ2v) is 3.41. The molecule has 5 nitrogen and oxygen atoms in total. The molecule has 0 unspecified atom stereocenters. The van der Waals surface area contributed by atoms with Crippen LogP contribution in [0.1, 0.15) is 32.1 Å². The highest BCUT2D eigenvalue weighted by Gasteiger charge is 2.27. The molecule has 14 heavy (non-hydrogen) atoms. The Bertz CT molecular complexity index is 202. The average molecular weight is 200 g/mol. The van der Waals surface area contributed by atoms with Gasteiger partial charge in [-0.2, -0.15) is 0 Å². The van der Waals surface area contributed by atoms with E-state index in [2.05, 4.69) is 5.48 Å². The molecule has 1 aliphatic rings. The first-order chi connectivity index (χ1) is 6.75. The Morgan fingerprint density at radius 3 is 2.36 bits per heavy atom. The summed E-state index contributed by atoms with van der Waals surface area (Å²) in [6.07, 6.45) is 3.32. The fraction of sp³-hybridized carbons (Fsp3) is 0.778. The number of hydrogen-bond donors (Lipinski definition) is 2. The smallest absolute Gasteiger partial charge is 0.229 e. The van der Waals surface area contributed by atoms with Gasteiger partial charge in [-0.25, -0.2) is 5.48 Å². The van der Waals surface area contributed by atoms with Crippen LogP contribution in [-0.2, 0) is 9.59 Å². The number of carbonyl (C=O) groups is 2. The second kappa shape index (κ2) is 5.72. The fourth-order valence-electron chi connectivity index (χ4n) is 1.52. The summed E-state index contributed by atoms with van der Waals surface area (Å²) in [5.41, 5.74) is 2.07. The van der Waals surface area contributed by atoms with Gasteiger partial charge >= 0.3 is 0 Å². The summed E-state index contributed by atoms with van der Waals surface area (Å²) in [5, 5.41) is 8.29. The van der Waals surface area contributed by atoms with Gasteiger partial charge in [0.2, 0.25) is 11.8 Å². The van der Waals surface area contributed by atoms with E-state index in [1.54, 1.807) is 0 Å². The number of nitrogens with zero attached hydrogens (tertiary/aromatic N) is 1. The van der Waals surface area contributed by atoms with Crippen LogP contribution in [0, 0.1) is 0 Å². The summed E-state index contributed by atoms with van der Waals surface area (Å²) in [7, 11) is 0. The first-order valence-corrected chi connectivity index (χ1v) is 4.96. The molecule has 2 amide bonds. The van der Waals surface area contributed by atoms with Crippen molar-refractivity contribution in [1.29, 1.82) is 0 Å². The van der Waals surface area contributed by atoms with Crippen LogP contribution in [0.4, 0.5) is 0 Å². The van der Waals surface area contributed by atoms with Crippen molar-refractivity contribution < 1.29 is 14.8 Å². The SMILES string of the molecule is O=C1CCC(=O)N1CCCCCNO. The topological polar surface area (TPSA) is 69.6 Å². The zero-order valence-electron chi connectivity index (χ0n) is 8.16. The zero-order chi connectivity index (χ0) is 10.4. The maximum Gasteiger partial charge on any atom is 0.229 e. The van der Waals surface area contributed by atoms with Gasteiger partial charge in [0, 0.05) is 25.9 Å². The minimum atomic E-state index is -0.0460. The summed E-state index contributed by atoms with van der Waals surface area (Å²) in [4.78, 5) is 23.7. The molecule has 1 rings (SSSR count). The molecule has 1 saturated heterocycles. The van der Waals surface area contributed by atoms with Gasteiger partial charge in [-0.15, -0.1) is 0 Å². The molecule has 0 spiro atoms. The number of rotatable bonds is 6. The first kappa shape index (κ1) is 11.1. The predicted molar refractivity (Wildman–Crippen MR) is 49.6 cm³/mol. The fourth-order valence-corrected chi connectivity index (χ4v) is 1.52. The van der Waals surface area contributed by atoms with Gasteiger partial charge in [0.05, 0.1) is 0 Å². The van der Waals surface area contributed by atoms with E-state index in [-0.39, 0.29) is 11.8 Å². The van der Waals surface area contributed by atoms with E-state index >= 15 is 0 Å². The number of likely N-dealkylation sites (tertiary alicyclic amines) is 1. The molecule has 5 heteroatoms. The van der Waals surface area contributed by atoms with Crippen molar-refractivity contribution >= 4 is 11.8 Å². The van der Waals surface area contributed by atoms with Crippen LogP contribution in [0.3, 0.4) is 0 Å². The number of imide groups is 1. The normalized spacial score (nSPS) is 16.8. The summed E-state index contributed by atoms with van der Waals surface area (Å²) in [5.74, 6) is -0.0921. The minimum absolute atomic E-state index is 0.0460. The van der Waals surface area contributed by atoms with Crippen molar-refractivity contribution in [2.75, 3.05) is 13.1 Å². The van der Waals surface area contributed by atoms with Crippen molar-refractivity contribution in [2.24, 2.45) is 0 Å². The van der Waals surface area contributed by atoms with E-state index in [4.69, 9.17) is 5.21 Å². The molecule has 1 heterocycles. The molecule has 0 aromatic heterocycles. The molecule has 0 bridgehead atoms. The van der Waals surface area contributed by atoms with E-state index in [0.717, 1.165) is 19.3 Å². The van der Waals surface area contributed by atoms with Crippen molar-refractivity contribution in [3.05, 3.63) is 0 Å². The Balaban J connectivity index is 2.11. The third-order valence-electron chi connectivity index (χ3n) is 2.33. The van der Waals surface area contributed by atoms with Crippen LogP contribution >= 0.6 is 0 Å². The van der Waals surface area contributed by atoms with Gasteiger partial charge in [0.25, 0.3) is 0 Å². The molecule has 0 radical (unpaired) electrons. The highest BCUT2D eigenvalue weighted by atomic mass is 16.5. The van der Waals surface area contributed by atoms with E-state index in [0.29, 0.717) is 25.9 Å². The molecule has 0 saturated carbocycles. The molecule has 80 valence electrons. The number of amides is 2. The monoisotopic (exact) mass is 200 g/mol. The molecule has 0 aliphatic carbocycles. The molecule has 0 aromatic rings. The average Bonchev–Trinajstić information content (AvgIpc) is 2.48. The first-order valence-electron chi connectivity index (χ1n) is 4.96. The van der Waals surface area contributed by atoms with Gasteiger partial charge in [-0.05, 0) is 12.8 Å². The number of unbranched alkanes of at least 4 members (excludes halogenated alkanes) is 2. The largest absolute Gasteiger partial charge is 0.317 e. The highest BCUT2D eigenvalue weighted by Crippen LogP contribution is 2.12. The molecule has 2 N–H and O–H groups in total. The van der Waals surface area contributed by atoms with Gasteiger partial charge in [0.1, 0.15) is 0 Å². The Morgan fingerprint density at radius 2 is 1.79 bits per heavy atom. The van der Waals surface area contributed by atoms with Crippen molar-refractivity contribution in [1.82, 2.24) is 10.4 Å². The molecular formula is C9H16N2O3. The van der Waals surface area contributed by atoms with Crippen LogP contribution in [0.2, 0.25) is 0 Å². The second-order valence-electron chi connectivity index (χ2n) is 3.41. The van der Waals surface area contributed by atoms with Gasteiger partial charge < -0.3 is 5.21 Å². The van der Waals surface area contributed by atoms with E-state index in [1.807, 2.05) is 0 Å². The Labute approximate surface area is 83.0 Å². The van der Waals surface area contributed by atoms with Gasteiger partial charge in [-0.1, -0.05) is 6.42 Å². The van der Waals surface area contributed by atoms with Crippen LogP contribution in [0.25, 0.3) is 0 Å². The Morgan fingerprint density at radius 1 is 1.14 bits per heavy atom. The molecule has 1 aliphatic heterocycles. The zero-order valence-corrected chi connectivity index (χ0v) is 8.16. The van der Waals surface area contributed by atoms with Crippen LogP contribution < -0.4 is 5.48 Å². The quantitative estimate of drug-likeness (QED) is 0.367. The molecule has 1 fully saturated rings. The van der Waals surface area contributed by atoms with Crippen molar-refractivity contribution in [2.45, 2.75) is 32.1 Å². The van der Waals surface area contributed by atoms with E-state index in [9.17, 15) is 9.59 Å². The van der Waals surface area contributed by atoms with Gasteiger partial charge in [-0.3, -0.25) is 14.5 Å². The maximum absolute atomic E-state index is 11.2.